The van der Waals surface area contributed by atoms with Crippen molar-refractivity contribution >= 4 is 17.6 Å². The fraction of sp³-hybridized carbons (Fsp3) is 0.0952. The van der Waals surface area contributed by atoms with E-state index in [2.05, 4.69) is 34.2 Å². The highest BCUT2D eigenvalue weighted by Crippen LogP contribution is 2.31. The number of ether oxygens (including phenoxy) is 1. The summed E-state index contributed by atoms with van der Waals surface area (Å²) in [6, 6.07) is 25.8. The highest BCUT2D eigenvalue weighted by atomic mass is 16.5. The summed E-state index contributed by atoms with van der Waals surface area (Å²) in [5, 5.41) is 0. The molecule has 0 spiro atoms. The molecule has 3 rings (SSSR count). The number of aliphatic imine (C=N–C) groups is 1. The summed E-state index contributed by atoms with van der Waals surface area (Å²) in [4.78, 5) is 6.66. The molecule has 0 bridgehead atoms. The molecule has 3 aromatic rings. The summed E-state index contributed by atoms with van der Waals surface area (Å²) < 4.78 is 5.93. The Balaban J connectivity index is 1.79. The summed E-state index contributed by atoms with van der Waals surface area (Å²) in [5.74, 6) is 1.54. The van der Waals surface area contributed by atoms with Crippen LogP contribution in [0.2, 0.25) is 0 Å². The van der Waals surface area contributed by atoms with Gasteiger partial charge in [0.1, 0.15) is 11.4 Å². The van der Waals surface area contributed by atoms with Gasteiger partial charge in [-0.1, -0.05) is 42.5 Å². The summed E-state index contributed by atoms with van der Waals surface area (Å²) >= 11 is 0. The number of hydrogen-bond acceptors (Lipinski definition) is 3. The van der Waals surface area contributed by atoms with Gasteiger partial charge in [0, 0.05) is 26.0 Å². The molecule has 3 heteroatoms. The zero-order valence-electron chi connectivity index (χ0n) is 13.9. The predicted octanol–water partition coefficient (Wildman–Crippen LogP) is 5.30. The van der Waals surface area contributed by atoms with Gasteiger partial charge in [0.05, 0.1) is 0 Å². The van der Waals surface area contributed by atoms with Gasteiger partial charge in [-0.2, -0.15) is 0 Å². The minimum atomic E-state index is 0.741. The summed E-state index contributed by atoms with van der Waals surface area (Å²) in [5.41, 5.74) is 3.02. The first kappa shape index (κ1) is 15.8. The van der Waals surface area contributed by atoms with Crippen molar-refractivity contribution in [3.63, 3.8) is 0 Å². The van der Waals surface area contributed by atoms with Crippen molar-refractivity contribution < 1.29 is 4.74 Å². The fourth-order valence-electron chi connectivity index (χ4n) is 2.27. The quantitative estimate of drug-likeness (QED) is 0.597. The second-order valence-corrected chi connectivity index (χ2v) is 5.63. The first-order valence-electron chi connectivity index (χ1n) is 7.86. The number of para-hydroxylation sites is 3. The molecule has 0 atom stereocenters. The lowest BCUT2D eigenvalue weighted by Gasteiger charge is -2.11. The Morgan fingerprint density at radius 1 is 0.792 bits per heavy atom. The predicted molar refractivity (Wildman–Crippen MR) is 101 cm³/mol. The molecule has 3 aromatic carbocycles. The Morgan fingerprint density at radius 2 is 1.46 bits per heavy atom. The zero-order valence-corrected chi connectivity index (χ0v) is 13.9. The largest absolute Gasteiger partial charge is 0.455 e. The van der Waals surface area contributed by atoms with E-state index in [-0.39, 0.29) is 0 Å². The van der Waals surface area contributed by atoms with Gasteiger partial charge < -0.3 is 9.64 Å². The molecule has 0 aromatic heterocycles. The third-order valence-electron chi connectivity index (χ3n) is 3.60. The monoisotopic (exact) mass is 316 g/mol. The maximum Gasteiger partial charge on any atom is 0.153 e. The molecule has 0 heterocycles. The van der Waals surface area contributed by atoms with Crippen LogP contribution in [0.1, 0.15) is 5.56 Å². The van der Waals surface area contributed by atoms with Gasteiger partial charge in [-0.3, -0.25) is 4.99 Å². The van der Waals surface area contributed by atoms with Gasteiger partial charge in [0.15, 0.2) is 5.75 Å². The van der Waals surface area contributed by atoms with Crippen LogP contribution in [0.15, 0.2) is 83.9 Å². The fourth-order valence-corrected chi connectivity index (χ4v) is 2.27. The van der Waals surface area contributed by atoms with E-state index in [4.69, 9.17) is 4.74 Å². The molecule has 0 amide bonds. The lowest BCUT2D eigenvalue weighted by Crippen LogP contribution is -2.08. The average molecular weight is 316 g/mol. The molecular formula is C21H20N2O. The van der Waals surface area contributed by atoms with Crippen molar-refractivity contribution in [2.75, 3.05) is 19.0 Å². The van der Waals surface area contributed by atoms with Crippen LogP contribution in [0.25, 0.3) is 0 Å². The van der Waals surface area contributed by atoms with E-state index in [0.29, 0.717) is 0 Å². The standard InChI is InChI=1S/C21H20N2O/c1-23(2)18-14-12-17(13-15-18)16-22-20-10-6-7-11-21(20)24-19-8-4-3-5-9-19/h3-16H,1-2H3. The molecule has 0 N–H and O–H groups in total. The molecule has 3 nitrogen and oxygen atoms in total. The van der Waals surface area contributed by atoms with E-state index in [9.17, 15) is 0 Å². The van der Waals surface area contributed by atoms with Crippen molar-refractivity contribution in [3.8, 4) is 11.5 Å². The second kappa shape index (κ2) is 7.47. The van der Waals surface area contributed by atoms with E-state index < -0.39 is 0 Å². The third kappa shape index (κ3) is 4.02. The maximum absolute atomic E-state index is 5.93. The maximum atomic E-state index is 5.93. The van der Waals surface area contributed by atoms with Crippen molar-refractivity contribution in [3.05, 3.63) is 84.4 Å². The zero-order chi connectivity index (χ0) is 16.8. The van der Waals surface area contributed by atoms with E-state index in [1.807, 2.05) is 74.9 Å². The smallest absolute Gasteiger partial charge is 0.153 e. The molecule has 24 heavy (non-hydrogen) atoms. The SMILES string of the molecule is CN(C)c1ccc(C=Nc2ccccc2Oc2ccccc2)cc1. The molecule has 0 aliphatic carbocycles. The molecule has 0 saturated heterocycles. The summed E-state index contributed by atoms with van der Waals surface area (Å²) in [7, 11) is 4.06. The Kier molecular flexibility index (Phi) is 4.92. The van der Waals surface area contributed by atoms with Crippen LogP contribution in [0.3, 0.4) is 0 Å². The normalized spacial score (nSPS) is 10.8. The van der Waals surface area contributed by atoms with Crippen molar-refractivity contribution in [2.24, 2.45) is 4.99 Å². The summed E-state index contributed by atoms with van der Waals surface area (Å²) in [6.45, 7) is 0. The Labute approximate surface area is 142 Å². The lowest BCUT2D eigenvalue weighted by atomic mass is 10.2. The Bertz CT molecular complexity index is 809. The Hall–Kier alpha value is -3.07. The van der Waals surface area contributed by atoms with Crippen LogP contribution in [-0.2, 0) is 0 Å². The third-order valence-corrected chi connectivity index (χ3v) is 3.60. The first-order valence-corrected chi connectivity index (χ1v) is 7.86. The number of nitrogens with zero attached hydrogens (tertiary/aromatic N) is 2. The van der Waals surface area contributed by atoms with Gasteiger partial charge in [-0.25, -0.2) is 0 Å². The second-order valence-electron chi connectivity index (χ2n) is 5.63. The van der Waals surface area contributed by atoms with Gasteiger partial charge in [0.2, 0.25) is 0 Å². The molecule has 0 radical (unpaired) electrons. The highest BCUT2D eigenvalue weighted by Gasteiger charge is 2.02. The summed E-state index contributed by atoms with van der Waals surface area (Å²) in [6.07, 6.45) is 1.85. The lowest BCUT2D eigenvalue weighted by molar-refractivity contribution is 0.484. The highest BCUT2D eigenvalue weighted by molar-refractivity contribution is 5.83. The van der Waals surface area contributed by atoms with Gasteiger partial charge >= 0.3 is 0 Å². The van der Waals surface area contributed by atoms with Crippen molar-refractivity contribution in [1.29, 1.82) is 0 Å². The number of benzene rings is 3. The van der Waals surface area contributed by atoms with Gasteiger partial charge in [0.25, 0.3) is 0 Å². The van der Waals surface area contributed by atoms with Crippen LogP contribution in [0.4, 0.5) is 11.4 Å². The van der Waals surface area contributed by atoms with E-state index >= 15 is 0 Å². The molecule has 0 unspecified atom stereocenters. The first-order chi connectivity index (χ1) is 11.7. The van der Waals surface area contributed by atoms with Crippen LogP contribution in [-0.4, -0.2) is 20.3 Å². The molecular weight excluding hydrogens is 296 g/mol. The number of hydrogen-bond donors (Lipinski definition) is 0. The molecule has 0 aliphatic rings. The van der Waals surface area contributed by atoms with Crippen molar-refractivity contribution in [2.45, 2.75) is 0 Å². The molecule has 0 saturated carbocycles. The number of anilines is 1. The van der Waals surface area contributed by atoms with Crippen LogP contribution in [0, 0.1) is 0 Å². The van der Waals surface area contributed by atoms with E-state index in [0.717, 1.165) is 22.7 Å². The van der Waals surface area contributed by atoms with Crippen LogP contribution < -0.4 is 9.64 Å². The van der Waals surface area contributed by atoms with Crippen molar-refractivity contribution in [1.82, 2.24) is 0 Å². The minimum Gasteiger partial charge on any atom is -0.455 e. The van der Waals surface area contributed by atoms with Gasteiger partial charge in [-0.15, -0.1) is 0 Å². The minimum absolute atomic E-state index is 0.741. The van der Waals surface area contributed by atoms with Crippen LogP contribution >= 0.6 is 0 Å². The number of rotatable bonds is 5. The molecule has 0 aliphatic heterocycles. The van der Waals surface area contributed by atoms with E-state index in [1.165, 1.54) is 5.69 Å². The van der Waals surface area contributed by atoms with Crippen LogP contribution in [0.5, 0.6) is 11.5 Å². The average Bonchev–Trinajstić information content (AvgIpc) is 2.62. The van der Waals surface area contributed by atoms with Gasteiger partial charge in [-0.05, 0) is 42.0 Å². The topological polar surface area (TPSA) is 24.8 Å². The van der Waals surface area contributed by atoms with E-state index in [1.54, 1.807) is 0 Å². The molecule has 0 fully saturated rings. The molecule has 120 valence electrons. The Morgan fingerprint density at radius 3 is 2.17 bits per heavy atom.